The SMILES string of the molecule is COCc1nc(N(C)CC2CCN(C)CC2)sc1CO. The van der Waals surface area contributed by atoms with Crippen molar-refractivity contribution in [3.8, 4) is 0 Å². The topological polar surface area (TPSA) is 48.8 Å². The van der Waals surface area contributed by atoms with Gasteiger partial charge in [-0.1, -0.05) is 11.3 Å². The molecule has 1 aromatic rings. The maximum atomic E-state index is 9.38. The van der Waals surface area contributed by atoms with Crippen LogP contribution < -0.4 is 4.90 Å². The summed E-state index contributed by atoms with van der Waals surface area (Å²) >= 11 is 1.57. The molecule has 2 heterocycles. The van der Waals surface area contributed by atoms with Gasteiger partial charge < -0.3 is 19.6 Å². The van der Waals surface area contributed by atoms with E-state index in [0.717, 1.165) is 28.2 Å². The highest BCUT2D eigenvalue weighted by molar-refractivity contribution is 7.15. The molecule has 0 spiro atoms. The van der Waals surface area contributed by atoms with E-state index < -0.39 is 0 Å². The molecule has 1 aromatic heterocycles. The molecule has 6 heteroatoms. The largest absolute Gasteiger partial charge is 0.391 e. The monoisotopic (exact) mass is 299 g/mol. The zero-order chi connectivity index (χ0) is 14.5. The van der Waals surface area contributed by atoms with Gasteiger partial charge in [0.2, 0.25) is 0 Å². The fraction of sp³-hybridized carbons (Fsp3) is 0.786. The highest BCUT2D eigenvalue weighted by atomic mass is 32.1. The van der Waals surface area contributed by atoms with Crippen LogP contribution in [0.2, 0.25) is 0 Å². The lowest BCUT2D eigenvalue weighted by atomic mass is 9.97. The number of rotatable bonds is 6. The van der Waals surface area contributed by atoms with Crippen LogP contribution in [0.15, 0.2) is 0 Å². The number of anilines is 1. The van der Waals surface area contributed by atoms with Crippen LogP contribution in [0.1, 0.15) is 23.4 Å². The maximum absolute atomic E-state index is 9.38. The summed E-state index contributed by atoms with van der Waals surface area (Å²) in [7, 11) is 5.93. The zero-order valence-electron chi connectivity index (χ0n) is 12.6. The number of aliphatic hydroxyl groups excluding tert-OH is 1. The van der Waals surface area contributed by atoms with Gasteiger partial charge in [-0.3, -0.25) is 0 Å². The van der Waals surface area contributed by atoms with Gasteiger partial charge in [0.1, 0.15) is 0 Å². The highest BCUT2D eigenvalue weighted by Crippen LogP contribution is 2.28. The van der Waals surface area contributed by atoms with Crippen molar-refractivity contribution in [1.29, 1.82) is 0 Å². The molecule has 0 amide bonds. The van der Waals surface area contributed by atoms with Crippen LogP contribution in [0.3, 0.4) is 0 Å². The second-order valence-corrected chi connectivity index (χ2v) is 6.65. The molecule has 0 saturated carbocycles. The smallest absolute Gasteiger partial charge is 0.185 e. The van der Waals surface area contributed by atoms with Gasteiger partial charge >= 0.3 is 0 Å². The predicted octanol–water partition coefficient (Wildman–Crippen LogP) is 1.56. The molecule has 5 nitrogen and oxygen atoms in total. The number of ether oxygens (including phenoxy) is 1. The second-order valence-electron chi connectivity index (χ2n) is 5.58. The number of thiazole rings is 1. The van der Waals surface area contributed by atoms with Crippen LogP contribution in [0.25, 0.3) is 0 Å². The van der Waals surface area contributed by atoms with Gasteiger partial charge in [0.15, 0.2) is 5.13 Å². The van der Waals surface area contributed by atoms with E-state index in [0.29, 0.717) is 6.61 Å². The lowest BCUT2D eigenvalue weighted by Gasteiger charge is -2.31. The Hall–Kier alpha value is -0.690. The summed E-state index contributed by atoms with van der Waals surface area (Å²) in [5.74, 6) is 0.739. The summed E-state index contributed by atoms with van der Waals surface area (Å²) in [4.78, 5) is 10.1. The molecule has 20 heavy (non-hydrogen) atoms. The fourth-order valence-electron chi connectivity index (χ4n) is 2.62. The van der Waals surface area contributed by atoms with Gasteiger partial charge in [-0.05, 0) is 38.9 Å². The molecule has 0 aliphatic carbocycles. The van der Waals surface area contributed by atoms with Crippen molar-refractivity contribution >= 4 is 16.5 Å². The number of aliphatic hydroxyl groups is 1. The molecule has 1 fully saturated rings. The molecule has 0 aromatic carbocycles. The lowest BCUT2D eigenvalue weighted by molar-refractivity contribution is 0.179. The zero-order valence-corrected chi connectivity index (χ0v) is 13.4. The number of nitrogens with zero attached hydrogens (tertiary/aromatic N) is 3. The molecule has 1 aliphatic rings. The molecule has 0 radical (unpaired) electrons. The minimum Gasteiger partial charge on any atom is -0.391 e. The predicted molar refractivity (Wildman–Crippen MR) is 82.2 cm³/mol. The number of piperidine rings is 1. The number of aromatic nitrogens is 1. The van der Waals surface area contributed by atoms with Gasteiger partial charge in [-0.15, -0.1) is 0 Å². The third-order valence-electron chi connectivity index (χ3n) is 3.89. The Morgan fingerprint density at radius 2 is 2.15 bits per heavy atom. The third kappa shape index (κ3) is 3.91. The molecule has 1 N–H and O–H groups in total. The average Bonchev–Trinajstić information content (AvgIpc) is 2.85. The van der Waals surface area contributed by atoms with Crippen LogP contribution in [-0.2, 0) is 18.0 Å². The Morgan fingerprint density at radius 1 is 1.45 bits per heavy atom. The number of hydrogen-bond donors (Lipinski definition) is 1. The molecule has 0 unspecified atom stereocenters. The molecule has 114 valence electrons. The molecular formula is C14H25N3O2S. The van der Waals surface area contributed by atoms with E-state index in [9.17, 15) is 5.11 Å². The molecule has 1 aliphatic heterocycles. The molecule has 1 saturated heterocycles. The maximum Gasteiger partial charge on any atom is 0.185 e. The Balaban J connectivity index is 1.96. The van der Waals surface area contributed by atoms with Crippen molar-refractivity contribution in [2.45, 2.75) is 26.1 Å². The standard InChI is InChI=1S/C14H25N3O2S/c1-16-6-4-11(5-7-16)8-17(2)14-15-12(10-19-3)13(9-18)20-14/h11,18H,4-10H2,1-3H3. The van der Waals surface area contributed by atoms with E-state index in [1.807, 2.05) is 0 Å². The van der Waals surface area contributed by atoms with Crippen LogP contribution in [0, 0.1) is 5.92 Å². The number of hydrogen-bond acceptors (Lipinski definition) is 6. The van der Waals surface area contributed by atoms with Gasteiger partial charge in [0.05, 0.1) is 23.8 Å². The Kier molecular flexibility index (Phi) is 5.77. The van der Waals surface area contributed by atoms with E-state index in [1.165, 1.54) is 25.9 Å². The minimum atomic E-state index is 0.0401. The highest BCUT2D eigenvalue weighted by Gasteiger charge is 2.20. The van der Waals surface area contributed by atoms with E-state index in [2.05, 4.69) is 28.9 Å². The summed E-state index contributed by atoms with van der Waals surface area (Å²) in [5.41, 5.74) is 0.866. The third-order valence-corrected chi connectivity index (χ3v) is 5.09. The van der Waals surface area contributed by atoms with Crippen LogP contribution in [0.5, 0.6) is 0 Å². The normalized spacial score (nSPS) is 17.6. The minimum absolute atomic E-state index is 0.0401. The first-order chi connectivity index (χ1) is 9.63. The van der Waals surface area contributed by atoms with Gasteiger partial charge in [-0.25, -0.2) is 4.98 Å². The Bertz CT molecular complexity index is 417. The molecule has 2 rings (SSSR count). The number of methoxy groups -OCH3 is 1. The summed E-state index contributed by atoms with van der Waals surface area (Å²) in [6, 6.07) is 0. The van der Waals surface area contributed by atoms with E-state index >= 15 is 0 Å². The molecule has 0 bridgehead atoms. The number of likely N-dealkylation sites (tertiary alicyclic amines) is 1. The van der Waals surface area contributed by atoms with Crippen molar-refractivity contribution < 1.29 is 9.84 Å². The Labute approximate surface area is 125 Å². The summed E-state index contributed by atoms with van der Waals surface area (Å²) in [5, 5.41) is 10.4. The van der Waals surface area contributed by atoms with E-state index in [4.69, 9.17) is 4.74 Å². The van der Waals surface area contributed by atoms with Crippen molar-refractivity contribution in [3.05, 3.63) is 10.6 Å². The summed E-state index contributed by atoms with van der Waals surface area (Å²) in [6.45, 7) is 3.92. The van der Waals surface area contributed by atoms with E-state index in [-0.39, 0.29) is 6.61 Å². The van der Waals surface area contributed by atoms with Crippen LogP contribution in [0.4, 0.5) is 5.13 Å². The Morgan fingerprint density at radius 3 is 2.75 bits per heavy atom. The molecular weight excluding hydrogens is 274 g/mol. The first-order valence-electron chi connectivity index (χ1n) is 7.12. The fourth-order valence-corrected chi connectivity index (χ4v) is 3.51. The van der Waals surface area contributed by atoms with E-state index in [1.54, 1.807) is 18.4 Å². The van der Waals surface area contributed by atoms with Gasteiger partial charge in [-0.2, -0.15) is 0 Å². The van der Waals surface area contributed by atoms with Crippen molar-refractivity contribution in [2.24, 2.45) is 5.92 Å². The molecule has 0 atom stereocenters. The first kappa shape index (κ1) is 15.7. The second kappa shape index (κ2) is 7.36. The summed E-state index contributed by atoms with van der Waals surface area (Å²) < 4.78 is 5.13. The van der Waals surface area contributed by atoms with Crippen molar-refractivity contribution in [3.63, 3.8) is 0 Å². The van der Waals surface area contributed by atoms with Gasteiger partial charge in [0.25, 0.3) is 0 Å². The van der Waals surface area contributed by atoms with Crippen molar-refractivity contribution in [1.82, 2.24) is 9.88 Å². The van der Waals surface area contributed by atoms with Crippen LogP contribution in [-0.4, -0.2) is 55.8 Å². The van der Waals surface area contributed by atoms with Crippen LogP contribution >= 0.6 is 11.3 Å². The van der Waals surface area contributed by atoms with Gasteiger partial charge in [0, 0.05) is 20.7 Å². The summed E-state index contributed by atoms with van der Waals surface area (Å²) in [6.07, 6.45) is 2.51. The quantitative estimate of drug-likeness (QED) is 0.864. The van der Waals surface area contributed by atoms with Crippen molar-refractivity contribution in [2.75, 3.05) is 45.7 Å². The lowest BCUT2D eigenvalue weighted by Crippen LogP contribution is -2.35. The first-order valence-corrected chi connectivity index (χ1v) is 7.93. The average molecular weight is 299 g/mol.